The van der Waals surface area contributed by atoms with Crippen molar-refractivity contribution in [2.24, 2.45) is 11.8 Å². The lowest BCUT2D eigenvalue weighted by Crippen LogP contribution is -2.58. The maximum Gasteiger partial charge on any atom is 0.246 e. The summed E-state index contributed by atoms with van der Waals surface area (Å²) >= 11 is 1.54. The molecule has 5 unspecified atom stereocenters. The minimum atomic E-state index is -1.32. The number of Topliss-reactive ketones (excluding diaryl/α,β-unsaturated/α-hetero) is 1. The van der Waals surface area contributed by atoms with Gasteiger partial charge in [0.05, 0.1) is 24.0 Å². The van der Waals surface area contributed by atoms with Crippen molar-refractivity contribution in [1.82, 2.24) is 10.6 Å². The van der Waals surface area contributed by atoms with E-state index in [-0.39, 0.29) is 23.5 Å². The lowest BCUT2D eigenvalue weighted by molar-refractivity contribution is -0.134. The summed E-state index contributed by atoms with van der Waals surface area (Å²) in [6.45, 7) is 9.18. The predicted octanol–water partition coefficient (Wildman–Crippen LogP) is 3.23. The molecule has 0 aliphatic carbocycles. The fraction of sp³-hybridized carbons (Fsp3) is 0.429. The minimum Gasteiger partial charge on any atom is -0.356 e. The molecule has 3 amide bonds. The van der Waals surface area contributed by atoms with E-state index in [1.165, 1.54) is 23.2 Å². The van der Waals surface area contributed by atoms with Crippen LogP contribution in [-0.4, -0.2) is 46.3 Å². The van der Waals surface area contributed by atoms with Gasteiger partial charge in [-0.1, -0.05) is 30.4 Å². The van der Waals surface area contributed by atoms with Crippen molar-refractivity contribution in [3.05, 3.63) is 64.4 Å². The van der Waals surface area contributed by atoms with Crippen LogP contribution in [0.25, 0.3) is 0 Å². The molecule has 2 N–H and O–H groups in total. The molecule has 2 saturated heterocycles. The van der Waals surface area contributed by atoms with Crippen molar-refractivity contribution in [1.29, 1.82) is 0 Å². The van der Waals surface area contributed by atoms with Crippen LogP contribution in [0.4, 0.5) is 5.69 Å². The number of carbonyl (C=O) groups is 4. The van der Waals surface area contributed by atoms with E-state index in [1.54, 1.807) is 43.3 Å². The van der Waals surface area contributed by atoms with E-state index in [0.717, 1.165) is 4.88 Å². The number of fused-ring (bicyclic) bond motifs is 1. The number of rotatable bonds is 6. The van der Waals surface area contributed by atoms with Crippen molar-refractivity contribution in [3.63, 3.8) is 0 Å². The average Bonchev–Trinajstić information content (AvgIpc) is 3.55. The van der Waals surface area contributed by atoms with Gasteiger partial charge in [0.25, 0.3) is 0 Å². The second-order valence-corrected chi connectivity index (χ2v) is 12.2. The number of nitrogens with one attached hydrogen (secondary N) is 2. The van der Waals surface area contributed by atoms with Gasteiger partial charge in [-0.2, -0.15) is 0 Å². The van der Waals surface area contributed by atoms with Crippen molar-refractivity contribution in [3.8, 4) is 0 Å². The van der Waals surface area contributed by atoms with Gasteiger partial charge < -0.3 is 15.4 Å². The van der Waals surface area contributed by atoms with Crippen LogP contribution in [0.3, 0.4) is 0 Å². The molecule has 3 aliphatic heterocycles. The molecule has 8 nitrogen and oxygen atoms in total. The second kappa shape index (κ2) is 8.63. The molecular weight excluding hydrogens is 490 g/mol. The van der Waals surface area contributed by atoms with Crippen LogP contribution in [0.1, 0.15) is 49.9 Å². The molecule has 1 aromatic carbocycles. The first-order valence-corrected chi connectivity index (χ1v) is 13.2. The third kappa shape index (κ3) is 4.10. The Morgan fingerprint density at radius 1 is 1.11 bits per heavy atom. The Morgan fingerprint density at radius 2 is 1.86 bits per heavy atom. The Labute approximate surface area is 220 Å². The van der Waals surface area contributed by atoms with Gasteiger partial charge in [-0.3, -0.25) is 24.1 Å². The standard InChI is InChI=1S/C28H31N3O5S/c1-16(32)17-8-6-9-18(14-17)31-22(24(34)30-26(2,3)4)28-12-11-27(5,36-28)20(21(28)25(31)35)23(33)29-15-19-10-7-13-37-19/h6-14,20-22H,15H2,1-5H3,(H,29,33)(H,30,34). The number of thiophene rings is 1. The molecule has 5 rings (SSSR count). The van der Waals surface area contributed by atoms with Gasteiger partial charge in [0.15, 0.2) is 5.78 Å². The van der Waals surface area contributed by atoms with Gasteiger partial charge in [0.2, 0.25) is 17.7 Å². The summed E-state index contributed by atoms with van der Waals surface area (Å²) in [4.78, 5) is 56.1. The first kappa shape index (κ1) is 25.4. The summed E-state index contributed by atoms with van der Waals surface area (Å²) in [6, 6.07) is 9.45. The minimum absolute atomic E-state index is 0.155. The van der Waals surface area contributed by atoms with Crippen LogP contribution in [0.2, 0.25) is 0 Å². The third-order valence-corrected chi connectivity index (χ3v) is 8.15. The highest BCUT2D eigenvalue weighted by Crippen LogP contribution is 2.60. The first-order chi connectivity index (χ1) is 17.4. The van der Waals surface area contributed by atoms with Crippen LogP contribution >= 0.6 is 11.3 Å². The Hall–Kier alpha value is -3.30. The van der Waals surface area contributed by atoms with E-state index in [0.29, 0.717) is 17.8 Å². The Kier molecular flexibility index (Phi) is 5.91. The molecule has 2 bridgehead atoms. The first-order valence-electron chi connectivity index (χ1n) is 12.3. The van der Waals surface area contributed by atoms with E-state index in [9.17, 15) is 19.2 Å². The predicted molar refractivity (Wildman–Crippen MR) is 140 cm³/mol. The molecule has 2 fully saturated rings. The monoisotopic (exact) mass is 521 g/mol. The molecule has 2 aromatic rings. The van der Waals surface area contributed by atoms with E-state index < -0.39 is 34.6 Å². The Morgan fingerprint density at radius 3 is 2.51 bits per heavy atom. The van der Waals surface area contributed by atoms with Gasteiger partial charge in [-0.25, -0.2) is 0 Å². The molecule has 3 aliphatic rings. The van der Waals surface area contributed by atoms with Gasteiger partial charge in [0, 0.05) is 21.7 Å². The molecule has 1 aromatic heterocycles. The summed E-state index contributed by atoms with van der Waals surface area (Å²) < 4.78 is 6.53. The van der Waals surface area contributed by atoms with Crippen LogP contribution in [0, 0.1) is 11.8 Å². The molecule has 4 heterocycles. The topological polar surface area (TPSA) is 105 Å². The highest BCUT2D eigenvalue weighted by atomic mass is 32.1. The summed E-state index contributed by atoms with van der Waals surface area (Å²) in [7, 11) is 0. The van der Waals surface area contributed by atoms with Crippen LogP contribution in [0.5, 0.6) is 0 Å². The zero-order valence-corrected chi connectivity index (χ0v) is 22.3. The van der Waals surface area contributed by atoms with Crippen LogP contribution in [-0.2, 0) is 25.7 Å². The molecule has 5 atom stereocenters. The highest BCUT2D eigenvalue weighted by molar-refractivity contribution is 7.09. The molecule has 194 valence electrons. The average molecular weight is 522 g/mol. The molecule has 37 heavy (non-hydrogen) atoms. The maximum atomic E-state index is 14.2. The number of hydrogen-bond acceptors (Lipinski definition) is 6. The number of nitrogens with zero attached hydrogens (tertiary/aromatic N) is 1. The smallest absolute Gasteiger partial charge is 0.246 e. The zero-order chi connectivity index (χ0) is 26.8. The van der Waals surface area contributed by atoms with Crippen molar-refractivity contribution < 1.29 is 23.9 Å². The molecule has 1 spiro atoms. The lowest BCUT2D eigenvalue weighted by atomic mass is 9.70. The lowest BCUT2D eigenvalue weighted by Gasteiger charge is -2.35. The number of anilines is 1. The number of ketones is 1. The summed E-state index contributed by atoms with van der Waals surface area (Å²) in [5.41, 5.74) is -2.08. The van der Waals surface area contributed by atoms with Crippen molar-refractivity contribution >= 4 is 40.5 Å². The number of ether oxygens (including phenoxy) is 1. The van der Waals surface area contributed by atoms with E-state index in [1.807, 2.05) is 38.3 Å². The largest absolute Gasteiger partial charge is 0.356 e. The van der Waals surface area contributed by atoms with Crippen LogP contribution in [0.15, 0.2) is 53.9 Å². The fourth-order valence-corrected chi connectivity index (χ4v) is 6.47. The zero-order valence-electron chi connectivity index (χ0n) is 21.5. The fourth-order valence-electron chi connectivity index (χ4n) is 5.82. The molecule has 0 radical (unpaired) electrons. The Balaban J connectivity index is 1.57. The number of amides is 3. The second-order valence-electron chi connectivity index (χ2n) is 11.2. The molecule has 0 saturated carbocycles. The van der Waals surface area contributed by atoms with Gasteiger partial charge in [-0.05, 0) is 58.2 Å². The number of carbonyl (C=O) groups excluding carboxylic acids is 4. The van der Waals surface area contributed by atoms with E-state index >= 15 is 0 Å². The molecule has 9 heteroatoms. The van der Waals surface area contributed by atoms with Crippen molar-refractivity contribution in [2.75, 3.05) is 4.90 Å². The highest BCUT2D eigenvalue weighted by Gasteiger charge is 2.76. The summed E-state index contributed by atoms with van der Waals surface area (Å²) in [5.74, 6) is -2.93. The Bertz CT molecular complexity index is 1310. The third-order valence-electron chi connectivity index (χ3n) is 7.27. The van der Waals surface area contributed by atoms with Gasteiger partial charge >= 0.3 is 0 Å². The SMILES string of the molecule is CC(=O)c1cccc(N2C(=O)C3C(C(=O)NCc4cccs4)C4(C)C=CC3(O4)C2C(=O)NC(C)(C)C)c1. The normalized spacial score (nSPS) is 29.9. The summed E-state index contributed by atoms with van der Waals surface area (Å²) in [5, 5.41) is 7.90. The quantitative estimate of drug-likeness (QED) is 0.449. The maximum absolute atomic E-state index is 14.2. The molecular formula is C28H31N3O5S. The van der Waals surface area contributed by atoms with E-state index in [2.05, 4.69) is 10.6 Å². The van der Waals surface area contributed by atoms with Crippen molar-refractivity contribution in [2.45, 2.75) is 63.9 Å². The number of hydrogen-bond donors (Lipinski definition) is 2. The van der Waals surface area contributed by atoms with Gasteiger partial charge in [-0.15, -0.1) is 11.3 Å². The summed E-state index contributed by atoms with van der Waals surface area (Å²) in [6.07, 6.45) is 3.58. The van der Waals surface area contributed by atoms with Crippen LogP contribution < -0.4 is 15.5 Å². The number of benzene rings is 1. The van der Waals surface area contributed by atoms with E-state index in [4.69, 9.17) is 4.74 Å². The van der Waals surface area contributed by atoms with Gasteiger partial charge in [0.1, 0.15) is 11.6 Å².